The van der Waals surface area contributed by atoms with Crippen molar-refractivity contribution in [2.45, 2.75) is 12.5 Å². The topological polar surface area (TPSA) is 73.1 Å². The van der Waals surface area contributed by atoms with Crippen LogP contribution in [0, 0.1) is 0 Å². The molecular weight excluding hydrogens is 228 g/mol. The quantitative estimate of drug-likeness (QED) is 0.842. The van der Waals surface area contributed by atoms with E-state index in [4.69, 9.17) is 10.5 Å². The number of hydrogen-bond donors (Lipinski definition) is 2. The van der Waals surface area contributed by atoms with Gasteiger partial charge in [-0.15, -0.1) is 10.2 Å². The summed E-state index contributed by atoms with van der Waals surface area (Å²) in [5.41, 5.74) is 6.67. The van der Waals surface area contributed by atoms with E-state index >= 15 is 0 Å². The van der Waals surface area contributed by atoms with Gasteiger partial charge in [0.05, 0.1) is 12.6 Å². The van der Waals surface area contributed by atoms with Gasteiger partial charge in [0.15, 0.2) is 0 Å². The second-order valence-electron chi connectivity index (χ2n) is 4.22. The number of rotatable bonds is 2. The van der Waals surface area contributed by atoms with Crippen LogP contribution in [0.15, 0.2) is 36.4 Å². The van der Waals surface area contributed by atoms with Crippen molar-refractivity contribution in [3.05, 3.63) is 42.0 Å². The number of para-hydroxylation sites is 1. The zero-order valence-corrected chi connectivity index (χ0v) is 9.84. The van der Waals surface area contributed by atoms with E-state index in [9.17, 15) is 0 Å². The molecule has 2 aromatic rings. The summed E-state index contributed by atoms with van der Waals surface area (Å²) >= 11 is 0. The van der Waals surface area contributed by atoms with Crippen molar-refractivity contribution in [3.63, 3.8) is 0 Å². The maximum Gasteiger partial charge on any atom is 0.149 e. The van der Waals surface area contributed by atoms with E-state index in [2.05, 4.69) is 21.6 Å². The Hall–Kier alpha value is -2.30. The van der Waals surface area contributed by atoms with Crippen molar-refractivity contribution >= 4 is 11.6 Å². The average molecular weight is 242 g/mol. The number of nitrogens with zero attached hydrogens (tertiary/aromatic N) is 2. The lowest BCUT2D eigenvalue weighted by Gasteiger charge is -2.26. The number of nitrogens with one attached hydrogen (secondary N) is 1. The Morgan fingerprint density at radius 2 is 2.06 bits per heavy atom. The lowest BCUT2D eigenvalue weighted by atomic mass is 10.0. The van der Waals surface area contributed by atoms with Gasteiger partial charge in [0.1, 0.15) is 17.4 Å². The summed E-state index contributed by atoms with van der Waals surface area (Å²) < 4.78 is 5.61. The molecule has 3 N–H and O–H groups in total. The lowest BCUT2D eigenvalue weighted by molar-refractivity contribution is 0.274. The van der Waals surface area contributed by atoms with Crippen LogP contribution in [0.1, 0.15) is 18.0 Å². The van der Waals surface area contributed by atoms with E-state index in [0.29, 0.717) is 12.4 Å². The molecule has 0 amide bonds. The largest absolute Gasteiger partial charge is 0.493 e. The van der Waals surface area contributed by atoms with Crippen molar-refractivity contribution in [2.24, 2.45) is 0 Å². The van der Waals surface area contributed by atoms with Gasteiger partial charge in [-0.1, -0.05) is 18.2 Å². The lowest BCUT2D eigenvalue weighted by Crippen LogP contribution is -2.20. The molecule has 0 spiro atoms. The minimum absolute atomic E-state index is 0.202. The zero-order valence-electron chi connectivity index (χ0n) is 9.84. The van der Waals surface area contributed by atoms with Crippen LogP contribution in [-0.4, -0.2) is 16.8 Å². The second kappa shape index (κ2) is 4.52. The molecule has 2 heterocycles. The molecule has 1 aliphatic heterocycles. The van der Waals surface area contributed by atoms with Crippen LogP contribution in [-0.2, 0) is 0 Å². The molecule has 0 saturated heterocycles. The number of ether oxygens (including phenoxy) is 1. The van der Waals surface area contributed by atoms with Crippen molar-refractivity contribution in [2.75, 3.05) is 17.7 Å². The monoisotopic (exact) mass is 242 g/mol. The molecule has 0 fully saturated rings. The SMILES string of the molecule is Nc1ccc(NC2CCOc3ccccc32)nn1. The van der Waals surface area contributed by atoms with Gasteiger partial charge in [0, 0.05) is 12.0 Å². The van der Waals surface area contributed by atoms with Crippen LogP contribution in [0.5, 0.6) is 5.75 Å². The van der Waals surface area contributed by atoms with Crippen LogP contribution in [0.4, 0.5) is 11.6 Å². The molecule has 3 rings (SSSR count). The molecule has 92 valence electrons. The highest BCUT2D eigenvalue weighted by atomic mass is 16.5. The predicted octanol–water partition coefficient (Wildman–Crippen LogP) is 1.99. The van der Waals surface area contributed by atoms with Crippen molar-refractivity contribution in [3.8, 4) is 5.75 Å². The third-order valence-corrected chi connectivity index (χ3v) is 2.97. The third kappa shape index (κ3) is 2.07. The van der Waals surface area contributed by atoms with E-state index in [-0.39, 0.29) is 6.04 Å². The van der Waals surface area contributed by atoms with E-state index in [1.165, 1.54) is 0 Å². The first kappa shape index (κ1) is 10.8. The van der Waals surface area contributed by atoms with Crippen molar-refractivity contribution < 1.29 is 4.74 Å². The summed E-state index contributed by atoms with van der Waals surface area (Å²) in [6.45, 7) is 0.705. The Labute approximate surface area is 105 Å². The summed E-state index contributed by atoms with van der Waals surface area (Å²) in [4.78, 5) is 0. The molecule has 1 aromatic carbocycles. The first-order chi connectivity index (χ1) is 8.83. The van der Waals surface area contributed by atoms with Gasteiger partial charge in [-0.2, -0.15) is 0 Å². The van der Waals surface area contributed by atoms with Crippen LogP contribution >= 0.6 is 0 Å². The Morgan fingerprint density at radius 3 is 2.89 bits per heavy atom. The number of fused-ring (bicyclic) bond motifs is 1. The minimum Gasteiger partial charge on any atom is -0.493 e. The maximum absolute atomic E-state index is 5.61. The fourth-order valence-electron chi connectivity index (χ4n) is 2.09. The van der Waals surface area contributed by atoms with Crippen LogP contribution in [0.3, 0.4) is 0 Å². The Balaban J connectivity index is 1.84. The van der Waals surface area contributed by atoms with Crippen LogP contribution < -0.4 is 15.8 Å². The highest BCUT2D eigenvalue weighted by molar-refractivity contribution is 5.45. The number of hydrogen-bond acceptors (Lipinski definition) is 5. The van der Waals surface area contributed by atoms with Crippen LogP contribution in [0.2, 0.25) is 0 Å². The van der Waals surface area contributed by atoms with E-state index in [1.54, 1.807) is 6.07 Å². The molecule has 0 bridgehead atoms. The second-order valence-corrected chi connectivity index (χ2v) is 4.22. The average Bonchev–Trinajstić information content (AvgIpc) is 2.42. The fraction of sp³-hybridized carbons (Fsp3) is 0.231. The summed E-state index contributed by atoms with van der Waals surface area (Å²) in [7, 11) is 0. The summed E-state index contributed by atoms with van der Waals surface area (Å²) in [5.74, 6) is 2.09. The Morgan fingerprint density at radius 1 is 1.17 bits per heavy atom. The minimum atomic E-state index is 0.202. The first-order valence-electron chi connectivity index (χ1n) is 5.90. The Bertz CT molecular complexity index is 541. The molecule has 5 nitrogen and oxygen atoms in total. The number of aromatic nitrogens is 2. The third-order valence-electron chi connectivity index (χ3n) is 2.97. The molecule has 1 atom stereocenters. The maximum atomic E-state index is 5.61. The summed E-state index contributed by atoms with van der Waals surface area (Å²) in [6, 6.07) is 11.8. The number of nitrogens with two attached hydrogens (primary N) is 1. The van der Waals surface area contributed by atoms with Gasteiger partial charge in [-0.05, 0) is 18.2 Å². The number of anilines is 2. The van der Waals surface area contributed by atoms with E-state index in [1.807, 2.05) is 24.3 Å². The van der Waals surface area contributed by atoms with Crippen LogP contribution in [0.25, 0.3) is 0 Å². The molecule has 18 heavy (non-hydrogen) atoms. The highest BCUT2D eigenvalue weighted by Gasteiger charge is 2.20. The molecule has 0 saturated carbocycles. The van der Waals surface area contributed by atoms with Gasteiger partial charge < -0.3 is 15.8 Å². The smallest absolute Gasteiger partial charge is 0.149 e. The van der Waals surface area contributed by atoms with Gasteiger partial charge in [-0.25, -0.2) is 0 Å². The standard InChI is InChI=1S/C13H14N4O/c14-12-5-6-13(17-16-12)15-10-7-8-18-11-4-2-1-3-9(10)11/h1-6,10H,7-8H2,(H2,14,16)(H,15,17). The molecule has 0 radical (unpaired) electrons. The van der Waals surface area contributed by atoms with Gasteiger partial charge in [0.25, 0.3) is 0 Å². The number of benzene rings is 1. The molecular formula is C13H14N4O. The fourth-order valence-corrected chi connectivity index (χ4v) is 2.09. The molecule has 1 unspecified atom stereocenters. The van der Waals surface area contributed by atoms with Gasteiger partial charge in [0.2, 0.25) is 0 Å². The molecule has 1 aliphatic rings. The molecule has 1 aromatic heterocycles. The Kier molecular flexibility index (Phi) is 2.72. The van der Waals surface area contributed by atoms with E-state index < -0.39 is 0 Å². The first-order valence-corrected chi connectivity index (χ1v) is 5.90. The van der Waals surface area contributed by atoms with Gasteiger partial charge >= 0.3 is 0 Å². The van der Waals surface area contributed by atoms with Crippen molar-refractivity contribution in [1.82, 2.24) is 10.2 Å². The normalized spacial score (nSPS) is 17.7. The number of nitrogen functional groups attached to an aromatic ring is 1. The summed E-state index contributed by atoms with van der Waals surface area (Å²) in [5, 5.41) is 11.2. The highest BCUT2D eigenvalue weighted by Crippen LogP contribution is 2.33. The summed E-state index contributed by atoms with van der Waals surface area (Å²) in [6.07, 6.45) is 0.906. The van der Waals surface area contributed by atoms with E-state index in [0.717, 1.165) is 23.6 Å². The predicted molar refractivity (Wildman–Crippen MR) is 69.4 cm³/mol. The zero-order chi connectivity index (χ0) is 12.4. The molecule has 0 aliphatic carbocycles. The molecule has 5 heteroatoms. The van der Waals surface area contributed by atoms with Gasteiger partial charge in [-0.3, -0.25) is 0 Å². The van der Waals surface area contributed by atoms with Crippen molar-refractivity contribution in [1.29, 1.82) is 0 Å².